The molecule has 0 aliphatic carbocycles. The first-order chi connectivity index (χ1) is 8.29. The zero-order valence-corrected chi connectivity index (χ0v) is 11.5. The van der Waals surface area contributed by atoms with Crippen LogP contribution in [0, 0.1) is 0 Å². The van der Waals surface area contributed by atoms with E-state index in [1.54, 1.807) is 0 Å². The maximum absolute atomic E-state index is 3.44. The highest BCUT2D eigenvalue weighted by molar-refractivity contribution is 9.10. The molecule has 0 aromatic heterocycles. The molecule has 0 bridgehead atoms. The average Bonchev–Trinajstić information content (AvgIpc) is 2.38. The maximum atomic E-state index is 3.44. The van der Waals surface area contributed by atoms with Gasteiger partial charge >= 0.3 is 0 Å². The topological polar surface area (TPSA) is 12.0 Å². The van der Waals surface area contributed by atoms with Gasteiger partial charge in [-0.05, 0) is 41.8 Å². The Balaban J connectivity index is 2.04. The summed E-state index contributed by atoms with van der Waals surface area (Å²) in [6.45, 7) is 3.07. The van der Waals surface area contributed by atoms with E-state index in [4.69, 9.17) is 0 Å². The monoisotopic (exact) mass is 289 g/mol. The van der Waals surface area contributed by atoms with Crippen molar-refractivity contribution in [3.05, 3.63) is 64.1 Å². The summed E-state index contributed by atoms with van der Waals surface area (Å²) in [5, 5.41) is 3.44. The lowest BCUT2D eigenvalue weighted by Gasteiger charge is -2.10. The van der Waals surface area contributed by atoms with Crippen LogP contribution in [0.4, 0.5) is 5.69 Å². The SMILES string of the molecule is CCc1ccccc1CNc1ccc(Br)cc1. The molecule has 2 aromatic carbocycles. The molecular formula is C15H16BrN. The molecule has 0 aliphatic heterocycles. The van der Waals surface area contributed by atoms with Crippen LogP contribution in [-0.2, 0) is 13.0 Å². The number of hydrogen-bond acceptors (Lipinski definition) is 1. The van der Waals surface area contributed by atoms with E-state index < -0.39 is 0 Å². The Morgan fingerprint density at radius 2 is 1.59 bits per heavy atom. The van der Waals surface area contributed by atoms with Crippen LogP contribution in [0.1, 0.15) is 18.1 Å². The highest BCUT2D eigenvalue weighted by atomic mass is 79.9. The molecule has 0 amide bonds. The maximum Gasteiger partial charge on any atom is 0.0403 e. The Labute approximate surface area is 111 Å². The Bertz CT molecular complexity index is 477. The first-order valence-corrected chi connectivity index (χ1v) is 6.65. The van der Waals surface area contributed by atoms with Crippen molar-refractivity contribution in [1.82, 2.24) is 0 Å². The molecule has 2 aromatic rings. The highest BCUT2D eigenvalue weighted by Gasteiger charge is 1.99. The second kappa shape index (κ2) is 5.87. The van der Waals surface area contributed by atoms with Crippen LogP contribution in [0.15, 0.2) is 53.0 Å². The molecule has 0 aliphatic rings. The van der Waals surface area contributed by atoms with Gasteiger partial charge in [0.25, 0.3) is 0 Å². The van der Waals surface area contributed by atoms with Crippen LogP contribution in [0.25, 0.3) is 0 Å². The van der Waals surface area contributed by atoms with Gasteiger partial charge in [0.05, 0.1) is 0 Å². The standard InChI is InChI=1S/C15H16BrN/c1-2-12-5-3-4-6-13(12)11-17-15-9-7-14(16)8-10-15/h3-10,17H,2,11H2,1H3. The largest absolute Gasteiger partial charge is 0.381 e. The number of rotatable bonds is 4. The van der Waals surface area contributed by atoms with Crippen molar-refractivity contribution in [2.24, 2.45) is 0 Å². The van der Waals surface area contributed by atoms with Crippen LogP contribution in [0.5, 0.6) is 0 Å². The van der Waals surface area contributed by atoms with E-state index >= 15 is 0 Å². The first-order valence-electron chi connectivity index (χ1n) is 5.86. The van der Waals surface area contributed by atoms with Gasteiger partial charge in [0.15, 0.2) is 0 Å². The highest BCUT2D eigenvalue weighted by Crippen LogP contribution is 2.16. The fourth-order valence-electron chi connectivity index (χ4n) is 1.84. The summed E-state index contributed by atoms with van der Waals surface area (Å²) in [6, 6.07) is 16.8. The Hall–Kier alpha value is -1.28. The molecular weight excluding hydrogens is 274 g/mol. The predicted molar refractivity (Wildman–Crippen MR) is 77.3 cm³/mol. The van der Waals surface area contributed by atoms with E-state index in [9.17, 15) is 0 Å². The lowest BCUT2D eigenvalue weighted by Crippen LogP contribution is -2.02. The van der Waals surface area contributed by atoms with E-state index in [-0.39, 0.29) is 0 Å². The lowest BCUT2D eigenvalue weighted by molar-refractivity contribution is 1.04. The molecule has 88 valence electrons. The predicted octanol–water partition coefficient (Wildman–Crippen LogP) is 4.62. The van der Waals surface area contributed by atoms with Crippen molar-refractivity contribution in [2.75, 3.05) is 5.32 Å². The van der Waals surface area contributed by atoms with Crippen LogP contribution in [0.3, 0.4) is 0 Å². The summed E-state index contributed by atoms with van der Waals surface area (Å²) < 4.78 is 1.11. The van der Waals surface area contributed by atoms with Gasteiger partial charge in [0.1, 0.15) is 0 Å². The Morgan fingerprint density at radius 3 is 2.24 bits per heavy atom. The number of anilines is 1. The fraction of sp³-hybridized carbons (Fsp3) is 0.200. The van der Waals surface area contributed by atoms with Crippen LogP contribution >= 0.6 is 15.9 Å². The molecule has 0 saturated carbocycles. The molecule has 0 spiro atoms. The normalized spacial score (nSPS) is 10.2. The number of halogens is 1. The molecule has 0 atom stereocenters. The molecule has 17 heavy (non-hydrogen) atoms. The number of hydrogen-bond donors (Lipinski definition) is 1. The zero-order valence-electron chi connectivity index (χ0n) is 9.91. The number of nitrogens with one attached hydrogen (secondary N) is 1. The third-order valence-electron chi connectivity index (χ3n) is 2.83. The van der Waals surface area contributed by atoms with Crippen LogP contribution in [0.2, 0.25) is 0 Å². The molecule has 0 fully saturated rings. The van der Waals surface area contributed by atoms with Crippen LogP contribution < -0.4 is 5.32 Å². The minimum Gasteiger partial charge on any atom is -0.381 e. The summed E-state index contributed by atoms with van der Waals surface area (Å²) in [4.78, 5) is 0. The quantitative estimate of drug-likeness (QED) is 0.866. The second-order valence-electron chi connectivity index (χ2n) is 3.98. The van der Waals surface area contributed by atoms with Gasteiger partial charge in [-0.25, -0.2) is 0 Å². The van der Waals surface area contributed by atoms with Gasteiger partial charge in [-0.1, -0.05) is 47.1 Å². The number of benzene rings is 2. The van der Waals surface area contributed by atoms with Crippen molar-refractivity contribution in [3.63, 3.8) is 0 Å². The van der Waals surface area contributed by atoms with Gasteiger partial charge in [-0.15, -0.1) is 0 Å². The van der Waals surface area contributed by atoms with E-state index in [2.05, 4.69) is 64.6 Å². The molecule has 1 nitrogen and oxygen atoms in total. The summed E-state index contributed by atoms with van der Waals surface area (Å²) in [5.41, 5.74) is 3.94. The first kappa shape index (κ1) is 12.2. The third kappa shape index (κ3) is 3.34. The molecule has 2 rings (SSSR count). The third-order valence-corrected chi connectivity index (χ3v) is 3.36. The van der Waals surface area contributed by atoms with E-state index in [0.29, 0.717) is 0 Å². The summed E-state index contributed by atoms with van der Waals surface area (Å²) in [5.74, 6) is 0. The summed E-state index contributed by atoms with van der Waals surface area (Å²) in [7, 11) is 0. The average molecular weight is 290 g/mol. The fourth-order valence-corrected chi connectivity index (χ4v) is 2.10. The van der Waals surface area contributed by atoms with Gasteiger partial charge in [-0.3, -0.25) is 0 Å². The van der Waals surface area contributed by atoms with Gasteiger partial charge < -0.3 is 5.32 Å². The second-order valence-corrected chi connectivity index (χ2v) is 4.90. The van der Waals surface area contributed by atoms with Gasteiger partial charge in [0.2, 0.25) is 0 Å². The van der Waals surface area contributed by atoms with Crippen molar-refractivity contribution >= 4 is 21.6 Å². The van der Waals surface area contributed by atoms with Crippen molar-refractivity contribution in [2.45, 2.75) is 19.9 Å². The molecule has 0 saturated heterocycles. The zero-order chi connectivity index (χ0) is 12.1. The van der Waals surface area contributed by atoms with E-state index in [1.807, 2.05) is 12.1 Å². The molecule has 0 heterocycles. The molecule has 1 N–H and O–H groups in total. The Morgan fingerprint density at radius 1 is 0.941 bits per heavy atom. The van der Waals surface area contributed by atoms with E-state index in [1.165, 1.54) is 11.1 Å². The molecule has 2 heteroatoms. The minimum absolute atomic E-state index is 0.881. The molecule has 0 radical (unpaired) electrons. The van der Waals surface area contributed by atoms with Crippen molar-refractivity contribution < 1.29 is 0 Å². The number of aryl methyl sites for hydroxylation is 1. The Kier molecular flexibility index (Phi) is 4.21. The summed E-state index contributed by atoms with van der Waals surface area (Å²) in [6.07, 6.45) is 1.08. The molecule has 0 unspecified atom stereocenters. The smallest absolute Gasteiger partial charge is 0.0403 e. The van der Waals surface area contributed by atoms with Gasteiger partial charge in [-0.2, -0.15) is 0 Å². The van der Waals surface area contributed by atoms with E-state index in [0.717, 1.165) is 23.1 Å². The van der Waals surface area contributed by atoms with Crippen molar-refractivity contribution in [1.29, 1.82) is 0 Å². The van der Waals surface area contributed by atoms with Crippen molar-refractivity contribution in [3.8, 4) is 0 Å². The minimum atomic E-state index is 0.881. The van der Waals surface area contributed by atoms with Gasteiger partial charge in [0, 0.05) is 16.7 Å². The lowest BCUT2D eigenvalue weighted by atomic mass is 10.1. The summed E-state index contributed by atoms with van der Waals surface area (Å²) >= 11 is 3.44. The van der Waals surface area contributed by atoms with Crippen LogP contribution in [-0.4, -0.2) is 0 Å².